The monoisotopic (exact) mass is 416 g/mol. The highest BCUT2D eigenvalue weighted by Gasteiger charge is 2.15. The average molecular weight is 416 g/mol. The van der Waals surface area contributed by atoms with Crippen LogP contribution >= 0.6 is 0 Å². The number of hydroxylamine groups is 1. The van der Waals surface area contributed by atoms with Crippen LogP contribution in [0.3, 0.4) is 0 Å². The smallest absolute Gasteiger partial charge is 0.251 e. The molecular weight excluding hydrogens is 388 g/mol. The van der Waals surface area contributed by atoms with Crippen molar-refractivity contribution in [1.82, 2.24) is 10.8 Å². The summed E-state index contributed by atoms with van der Waals surface area (Å²) >= 11 is 0. The van der Waals surface area contributed by atoms with Crippen molar-refractivity contribution in [1.29, 1.82) is 0 Å². The Kier molecular flexibility index (Phi) is 8.96. The van der Waals surface area contributed by atoms with Crippen LogP contribution in [0.4, 0.5) is 0 Å². The van der Waals surface area contributed by atoms with Crippen LogP contribution in [0, 0.1) is 6.92 Å². The Morgan fingerprint density at radius 2 is 1.80 bits per heavy atom. The van der Waals surface area contributed by atoms with E-state index in [1.54, 1.807) is 32.2 Å². The third-order valence-electron chi connectivity index (χ3n) is 4.19. The zero-order valence-electron chi connectivity index (χ0n) is 17.7. The van der Waals surface area contributed by atoms with E-state index >= 15 is 0 Å². The van der Waals surface area contributed by atoms with Crippen LogP contribution < -0.4 is 25.0 Å². The second-order valence-corrected chi connectivity index (χ2v) is 6.61. The molecule has 2 rings (SSSR count). The standard InChI is InChI=1S/C22H28N2O6/c1-15-6-5-7-18(12-15)29-11-10-23-22(26)16(2)30-24-21(25)14-17-8-9-19(27-3)20(13-17)28-4/h5-9,12-13,16H,10-11,14H2,1-4H3,(H,23,26)(H,24,25)/t16-/m0/s1. The molecule has 0 unspecified atom stereocenters. The molecule has 0 fully saturated rings. The fourth-order valence-electron chi connectivity index (χ4n) is 2.61. The van der Waals surface area contributed by atoms with Gasteiger partial charge in [-0.3, -0.25) is 14.4 Å². The van der Waals surface area contributed by atoms with E-state index in [4.69, 9.17) is 19.0 Å². The lowest BCUT2D eigenvalue weighted by Crippen LogP contribution is -2.41. The second-order valence-electron chi connectivity index (χ2n) is 6.61. The largest absolute Gasteiger partial charge is 0.493 e. The first-order valence-electron chi connectivity index (χ1n) is 9.55. The van der Waals surface area contributed by atoms with Crippen LogP contribution in [0.25, 0.3) is 0 Å². The summed E-state index contributed by atoms with van der Waals surface area (Å²) in [4.78, 5) is 29.3. The van der Waals surface area contributed by atoms with E-state index in [1.165, 1.54) is 7.11 Å². The average Bonchev–Trinajstić information content (AvgIpc) is 2.74. The van der Waals surface area contributed by atoms with Crippen molar-refractivity contribution >= 4 is 11.8 Å². The lowest BCUT2D eigenvalue weighted by atomic mass is 10.1. The van der Waals surface area contributed by atoms with E-state index in [0.29, 0.717) is 24.7 Å². The molecule has 0 aliphatic rings. The van der Waals surface area contributed by atoms with E-state index in [-0.39, 0.29) is 18.2 Å². The minimum absolute atomic E-state index is 0.0685. The molecule has 0 saturated heterocycles. The van der Waals surface area contributed by atoms with Crippen LogP contribution in [0.2, 0.25) is 0 Å². The fraction of sp³-hybridized carbons (Fsp3) is 0.364. The van der Waals surface area contributed by atoms with Crippen LogP contribution in [0.5, 0.6) is 17.2 Å². The normalized spacial score (nSPS) is 11.3. The number of carbonyl (C=O) groups excluding carboxylic acids is 2. The molecule has 8 heteroatoms. The van der Waals surface area contributed by atoms with Crippen molar-refractivity contribution in [2.24, 2.45) is 0 Å². The number of benzene rings is 2. The Morgan fingerprint density at radius 1 is 1.03 bits per heavy atom. The minimum atomic E-state index is -0.849. The van der Waals surface area contributed by atoms with Crippen LogP contribution in [-0.2, 0) is 20.8 Å². The zero-order valence-corrected chi connectivity index (χ0v) is 17.7. The van der Waals surface area contributed by atoms with E-state index in [2.05, 4.69) is 10.8 Å². The van der Waals surface area contributed by atoms with Crippen molar-refractivity contribution in [3.63, 3.8) is 0 Å². The Hall–Kier alpha value is -3.26. The van der Waals surface area contributed by atoms with Crippen LogP contribution in [0.1, 0.15) is 18.1 Å². The Labute approximate surface area is 176 Å². The minimum Gasteiger partial charge on any atom is -0.493 e. The highest BCUT2D eigenvalue weighted by Crippen LogP contribution is 2.27. The lowest BCUT2D eigenvalue weighted by Gasteiger charge is -2.14. The van der Waals surface area contributed by atoms with Gasteiger partial charge in [0.05, 0.1) is 27.2 Å². The van der Waals surface area contributed by atoms with Gasteiger partial charge in [-0.1, -0.05) is 18.2 Å². The lowest BCUT2D eigenvalue weighted by molar-refractivity contribution is -0.146. The molecular formula is C22H28N2O6. The first kappa shape index (κ1) is 23.0. The molecule has 8 nitrogen and oxygen atoms in total. The van der Waals surface area contributed by atoms with Crippen LogP contribution in [-0.4, -0.2) is 45.3 Å². The SMILES string of the molecule is COc1ccc(CC(=O)NO[C@@H](C)C(=O)NCCOc2cccc(C)c2)cc1OC. The predicted octanol–water partition coefficient (Wildman–Crippen LogP) is 2.19. The molecule has 0 aliphatic carbocycles. The summed E-state index contributed by atoms with van der Waals surface area (Å²) in [5.41, 5.74) is 4.12. The Bertz CT molecular complexity index is 855. The third kappa shape index (κ3) is 7.29. The third-order valence-corrected chi connectivity index (χ3v) is 4.19. The van der Waals surface area contributed by atoms with Gasteiger partial charge in [0.1, 0.15) is 12.4 Å². The number of nitrogens with one attached hydrogen (secondary N) is 2. The maximum Gasteiger partial charge on any atom is 0.251 e. The van der Waals surface area contributed by atoms with Crippen LogP contribution in [0.15, 0.2) is 42.5 Å². The number of ether oxygens (including phenoxy) is 3. The number of amides is 2. The highest BCUT2D eigenvalue weighted by molar-refractivity contribution is 5.81. The predicted molar refractivity (Wildman–Crippen MR) is 112 cm³/mol. The summed E-state index contributed by atoms with van der Waals surface area (Å²) in [7, 11) is 3.07. The fourth-order valence-corrected chi connectivity index (χ4v) is 2.61. The first-order valence-corrected chi connectivity index (χ1v) is 9.55. The molecule has 162 valence electrons. The summed E-state index contributed by atoms with van der Waals surface area (Å²) in [6.07, 6.45) is -0.780. The van der Waals surface area contributed by atoms with E-state index in [0.717, 1.165) is 16.9 Å². The van der Waals surface area contributed by atoms with Gasteiger partial charge >= 0.3 is 0 Å². The summed E-state index contributed by atoms with van der Waals surface area (Å²) in [5, 5.41) is 2.70. The zero-order chi connectivity index (χ0) is 21.9. The van der Waals surface area contributed by atoms with E-state index in [1.807, 2.05) is 31.2 Å². The van der Waals surface area contributed by atoms with Gasteiger partial charge in [0, 0.05) is 0 Å². The van der Waals surface area contributed by atoms with Crippen molar-refractivity contribution < 1.29 is 28.6 Å². The second kappa shape index (κ2) is 11.7. The molecule has 0 aliphatic heterocycles. The van der Waals surface area contributed by atoms with Gasteiger partial charge < -0.3 is 19.5 Å². The number of carbonyl (C=O) groups is 2. The van der Waals surface area contributed by atoms with Crippen molar-refractivity contribution in [2.75, 3.05) is 27.4 Å². The van der Waals surface area contributed by atoms with Gasteiger partial charge in [-0.05, 0) is 49.2 Å². The van der Waals surface area contributed by atoms with E-state index in [9.17, 15) is 9.59 Å². The maximum atomic E-state index is 12.1. The van der Waals surface area contributed by atoms with Crippen molar-refractivity contribution in [3.05, 3.63) is 53.6 Å². The number of rotatable bonds is 11. The van der Waals surface area contributed by atoms with Gasteiger partial charge in [0.15, 0.2) is 17.6 Å². The van der Waals surface area contributed by atoms with Gasteiger partial charge in [-0.15, -0.1) is 0 Å². The molecule has 0 saturated carbocycles. The molecule has 2 aromatic rings. The molecule has 0 bridgehead atoms. The van der Waals surface area contributed by atoms with Gasteiger partial charge in [-0.25, -0.2) is 5.48 Å². The molecule has 0 heterocycles. The van der Waals surface area contributed by atoms with Crippen molar-refractivity contribution in [3.8, 4) is 17.2 Å². The molecule has 1 atom stereocenters. The summed E-state index contributed by atoms with van der Waals surface area (Å²) in [6.45, 7) is 4.17. The molecule has 2 amide bonds. The van der Waals surface area contributed by atoms with Gasteiger partial charge in [-0.2, -0.15) is 0 Å². The molecule has 0 aromatic heterocycles. The summed E-state index contributed by atoms with van der Waals surface area (Å²) in [5.74, 6) is 1.12. The number of methoxy groups -OCH3 is 2. The highest BCUT2D eigenvalue weighted by atomic mass is 16.7. The number of hydrogen-bond donors (Lipinski definition) is 2. The van der Waals surface area contributed by atoms with Gasteiger partial charge in [0.2, 0.25) is 5.91 Å². The van der Waals surface area contributed by atoms with E-state index < -0.39 is 6.10 Å². The molecule has 2 N–H and O–H groups in total. The molecule has 0 spiro atoms. The summed E-state index contributed by atoms with van der Waals surface area (Å²) in [6, 6.07) is 12.8. The van der Waals surface area contributed by atoms with Crippen molar-refractivity contribution in [2.45, 2.75) is 26.4 Å². The van der Waals surface area contributed by atoms with Gasteiger partial charge in [0.25, 0.3) is 5.91 Å². The Morgan fingerprint density at radius 3 is 2.50 bits per heavy atom. The number of aryl methyl sites for hydroxylation is 1. The quantitative estimate of drug-likeness (QED) is 0.431. The topological polar surface area (TPSA) is 95.1 Å². The molecule has 2 aromatic carbocycles. The molecule has 0 radical (unpaired) electrons. The molecule has 30 heavy (non-hydrogen) atoms. The number of hydrogen-bond acceptors (Lipinski definition) is 6. The summed E-state index contributed by atoms with van der Waals surface area (Å²) < 4.78 is 16.0. The first-order chi connectivity index (χ1) is 14.4. The maximum absolute atomic E-state index is 12.1. The Balaban J connectivity index is 1.69.